The van der Waals surface area contributed by atoms with Gasteiger partial charge in [-0.3, -0.25) is 9.59 Å². The number of carbonyl (C=O) groups is 3. The topological polar surface area (TPSA) is 95.5 Å². The van der Waals surface area contributed by atoms with Crippen molar-refractivity contribution in [2.24, 2.45) is 11.8 Å². The zero-order valence-corrected chi connectivity index (χ0v) is 14.7. The van der Waals surface area contributed by atoms with Crippen molar-refractivity contribution < 1.29 is 19.5 Å². The van der Waals surface area contributed by atoms with Crippen LogP contribution in [-0.4, -0.2) is 28.4 Å². The standard InChI is InChI=1S/C19H24N2O4/c1-19(2,3)21-17(23)15-7-5-4-6-14(15)16(22)20-13-10-8-12(9-11-13)18(24)25/h4-5,8-11,14-15H,6-7H2,1-3H3,(H,20,22)(H,21,23)(H,24,25). The Balaban J connectivity index is 2.08. The van der Waals surface area contributed by atoms with Crippen molar-refractivity contribution >= 4 is 23.5 Å². The Morgan fingerprint density at radius 2 is 1.48 bits per heavy atom. The minimum absolute atomic E-state index is 0.127. The monoisotopic (exact) mass is 344 g/mol. The fourth-order valence-electron chi connectivity index (χ4n) is 2.79. The number of amides is 2. The van der Waals surface area contributed by atoms with Gasteiger partial charge >= 0.3 is 5.97 Å². The maximum absolute atomic E-state index is 12.6. The molecule has 25 heavy (non-hydrogen) atoms. The molecule has 0 aliphatic heterocycles. The van der Waals surface area contributed by atoms with Crippen LogP contribution in [0.25, 0.3) is 0 Å². The van der Waals surface area contributed by atoms with Crippen molar-refractivity contribution in [3.63, 3.8) is 0 Å². The molecule has 2 unspecified atom stereocenters. The molecule has 3 N–H and O–H groups in total. The summed E-state index contributed by atoms with van der Waals surface area (Å²) in [6, 6.07) is 5.96. The fourth-order valence-corrected chi connectivity index (χ4v) is 2.79. The third kappa shape index (κ3) is 5.17. The van der Waals surface area contributed by atoms with Gasteiger partial charge in [0.25, 0.3) is 0 Å². The van der Waals surface area contributed by atoms with Gasteiger partial charge in [-0.15, -0.1) is 0 Å². The summed E-state index contributed by atoms with van der Waals surface area (Å²) >= 11 is 0. The van der Waals surface area contributed by atoms with Gasteiger partial charge in [0.15, 0.2) is 0 Å². The predicted octanol–water partition coefficient (Wildman–Crippen LogP) is 2.82. The maximum Gasteiger partial charge on any atom is 0.335 e. The maximum atomic E-state index is 12.6. The molecule has 0 saturated heterocycles. The summed E-state index contributed by atoms with van der Waals surface area (Å²) in [7, 11) is 0. The van der Waals surface area contributed by atoms with E-state index in [1.165, 1.54) is 12.1 Å². The van der Waals surface area contributed by atoms with E-state index in [9.17, 15) is 14.4 Å². The van der Waals surface area contributed by atoms with Crippen LogP contribution in [0.5, 0.6) is 0 Å². The van der Waals surface area contributed by atoms with Crippen LogP contribution in [0.1, 0.15) is 44.0 Å². The van der Waals surface area contributed by atoms with E-state index in [-0.39, 0.29) is 22.9 Å². The van der Waals surface area contributed by atoms with Crippen molar-refractivity contribution in [1.29, 1.82) is 0 Å². The van der Waals surface area contributed by atoms with Crippen LogP contribution in [0.4, 0.5) is 5.69 Å². The molecule has 6 nitrogen and oxygen atoms in total. The van der Waals surface area contributed by atoms with E-state index in [2.05, 4.69) is 10.6 Å². The summed E-state index contributed by atoms with van der Waals surface area (Å²) in [6.07, 6.45) is 4.87. The quantitative estimate of drug-likeness (QED) is 0.732. The molecule has 0 heterocycles. The first-order chi connectivity index (χ1) is 11.7. The van der Waals surface area contributed by atoms with Crippen molar-refractivity contribution in [2.75, 3.05) is 5.32 Å². The molecule has 6 heteroatoms. The highest BCUT2D eigenvalue weighted by Crippen LogP contribution is 2.28. The highest BCUT2D eigenvalue weighted by molar-refractivity contribution is 5.97. The molecule has 1 aromatic rings. The van der Waals surface area contributed by atoms with E-state index in [1.807, 2.05) is 32.9 Å². The van der Waals surface area contributed by atoms with Crippen LogP contribution in [0.15, 0.2) is 36.4 Å². The number of aromatic carboxylic acids is 1. The summed E-state index contributed by atoms with van der Waals surface area (Å²) in [4.78, 5) is 36.0. The Kier molecular flexibility index (Phi) is 5.62. The average Bonchev–Trinajstić information content (AvgIpc) is 2.53. The molecular formula is C19H24N2O4. The van der Waals surface area contributed by atoms with Gasteiger partial charge in [0.2, 0.25) is 11.8 Å². The number of hydrogen-bond donors (Lipinski definition) is 3. The predicted molar refractivity (Wildman–Crippen MR) is 95.3 cm³/mol. The molecule has 2 amide bonds. The highest BCUT2D eigenvalue weighted by atomic mass is 16.4. The van der Waals surface area contributed by atoms with E-state index in [1.54, 1.807) is 12.1 Å². The van der Waals surface area contributed by atoms with Gasteiger partial charge in [-0.25, -0.2) is 4.79 Å². The summed E-state index contributed by atoms with van der Waals surface area (Å²) < 4.78 is 0. The SMILES string of the molecule is CC(C)(C)NC(=O)C1CC=CCC1C(=O)Nc1ccc(C(=O)O)cc1. The molecule has 1 aromatic carbocycles. The zero-order valence-electron chi connectivity index (χ0n) is 14.7. The molecular weight excluding hydrogens is 320 g/mol. The number of anilines is 1. The third-order valence-electron chi connectivity index (χ3n) is 4.00. The molecule has 1 aliphatic carbocycles. The minimum atomic E-state index is -1.02. The molecule has 0 radical (unpaired) electrons. The Morgan fingerprint density at radius 3 is 1.96 bits per heavy atom. The van der Waals surface area contributed by atoms with E-state index in [0.717, 1.165) is 0 Å². The Hall–Kier alpha value is -2.63. The van der Waals surface area contributed by atoms with Crippen LogP contribution in [0.2, 0.25) is 0 Å². The molecule has 0 saturated carbocycles. The number of benzene rings is 1. The summed E-state index contributed by atoms with van der Waals surface area (Å²) in [6.45, 7) is 5.72. The molecule has 2 atom stereocenters. The molecule has 134 valence electrons. The van der Waals surface area contributed by atoms with Crippen molar-refractivity contribution in [1.82, 2.24) is 5.32 Å². The lowest BCUT2D eigenvalue weighted by Gasteiger charge is -2.30. The smallest absolute Gasteiger partial charge is 0.335 e. The van der Waals surface area contributed by atoms with Crippen molar-refractivity contribution in [2.45, 2.75) is 39.2 Å². The van der Waals surface area contributed by atoms with Crippen LogP contribution in [-0.2, 0) is 9.59 Å². The third-order valence-corrected chi connectivity index (χ3v) is 4.00. The van der Waals surface area contributed by atoms with Crippen molar-refractivity contribution in [3.8, 4) is 0 Å². The van der Waals surface area contributed by atoms with Gasteiger partial charge in [-0.2, -0.15) is 0 Å². The normalized spacial score (nSPS) is 20.0. The van der Waals surface area contributed by atoms with Gasteiger partial charge in [0.05, 0.1) is 17.4 Å². The molecule has 1 aliphatic rings. The largest absolute Gasteiger partial charge is 0.478 e. The summed E-state index contributed by atoms with van der Waals surface area (Å²) in [5.74, 6) is -2.25. The number of nitrogens with one attached hydrogen (secondary N) is 2. The second-order valence-corrected chi connectivity index (χ2v) is 7.27. The Labute approximate surface area is 147 Å². The number of allylic oxidation sites excluding steroid dienone is 2. The van der Waals surface area contributed by atoms with E-state index < -0.39 is 17.8 Å². The number of carboxylic acids is 1. The molecule has 2 rings (SSSR count). The minimum Gasteiger partial charge on any atom is -0.478 e. The number of carbonyl (C=O) groups excluding carboxylic acids is 2. The van der Waals surface area contributed by atoms with Gasteiger partial charge in [0, 0.05) is 11.2 Å². The summed E-state index contributed by atoms with van der Waals surface area (Å²) in [5, 5.41) is 14.6. The highest BCUT2D eigenvalue weighted by Gasteiger charge is 2.35. The van der Waals surface area contributed by atoms with E-state index in [4.69, 9.17) is 5.11 Å². The van der Waals surface area contributed by atoms with Crippen LogP contribution < -0.4 is 10.6 Å². The van der Waals surface area contributed by atoms with Gasteiger partial charge in [-0.05, 0) is 57.9 Å². The van der Waals surface area contributed by atoms with Gasteiger partial charge < -0.3 is 15.7 Å². The first-order valence-corrected chi connectivity index (χ1v) is 8.28. The van der Waals surface area contributed by atoms with Crippen LogP contribution in [0.3, 0.4) is 0 Å². The number of hydrogen-bond acceptors (Lipinski definition) is 3. The van der Waals surface area contributed by atoms with Crippen LogP contribution >= 0.6 is 0 Å². The lowest BCUT2D eigenvalue weighted by molar-refractivity contribution is -0.133. The second kappa shape index (κ2) is 7.51. The summed E-state index contributed by atoms with van der Waals surface area (Å²) in [5.41, 5.74) is 0.312. The molecule has 0 aromatic heterocycles. The van der Waals surface area contributed by atoms with E-state index >= 15 is 0 Å². The Bertz CT molecular complexity index is 686. The Morgan fingerprint density at radius 1 is 0.960 bits per heavy atom. The molecule has 0 spiro atoms. The lowest BCUT2D eigenvalue weighted by atomic mass is 9.81. The fraction of sp³-hybridized carbons (Fsp3) is 0.421. The second-order valence-electron chi connectivity index (χ2n) is 7.27. The van der Waals surface area contributed by atoms with Gasteiger partial charge in [-0.1, -0.05) is 12.2 Å². The van der Waals surface area contributed by atoms with E-state index in [0.29, 0.717) is 18.5 Å². The molecule has 0 fully saturated rings. The van der Waals surface area contributed by atoms with Crippen molar-refractivity contribution in [3.05, 3.63) is 42.0 Å². The van der Waals surface area contributed by atoms with Crippen LogP contribution in [0, 0.1) is 11.8 Å². The van der Waals surface area contributed by atoms with Gasteiger partial charge in [0.1, 0.15) is 0 Å². The average molecular weight is 344 g/mol. The lowest BCUT2D eigenvalue weighted by Crippen LogP contribution is -2.47. The first-order valence-electron chi connectivity index (χ1n) is 8.28. The molecule has 0 bridgehead atoms. The number of carboxylic acid groups (broad SMARTS) is 1. The first kappa shape index (κ1) is 18.7. The zero-order chi connectivity index (χ0) is 18.6. The number of rotatable bonds is 4.